The summed E-state index contributed by atoms with van der Waals surface area (Å²) in [5.74, 6) is -0.410. The number of benzene rings is 2. The molecular formula is C16H17NO2. The molecule has 1 aliphatic rings. The summed E-state index contributed by atoms with van der Waals surface area (Å²) in [4.78, 5) is 13.9. The van der Waals surface area contributed by atoms with Crippen LogP contribution in [0.4, 0.5) is 5.69 Å². The molecule has 1 unspecified atom stereocenters. The lowest BCUT2D eigenvalue weighted by Gasteiger charge is -2.17. The summed E-state index contributed by atoms with van der Waals surface area (Å²) in [6.45, 7) is 0.473. The minimum atomic E-state index is -0.236. The summed E-state index contributed by atoms with van der Waals surface area (Å²) in [7, 11) is 3.96. The average molecular weight is 256 g/mol. The van der Waals surface area contributed by atoms with Crippen LogP contribution < -0.4 is 4.90 Å². The highest BCUT2D eigenvalue weighted by Crippen LogP contribution is 2.35. The molecule has 0 radical (unpaired) electrons. The summed E-state index contributed by atoms with van der Waals surface area (Å²) in [6.07, 6.45) is 0.698. The van der Waals surface area contributed by atoms with Crippen molar-refractivity contribution >= 4 is 22.4 Å². The van der Waals surface area contributed by atoms with Crippen LogP contribution in [0.3, 0.4) is 0 Å². The Hall–Kier alpha value is -2.03. The van der Waals surface area contributed by atoms with E-state index in [-0.39, 0.29) is 11.9 Å². The van der Waals surface area contributed by atoms with Crippen LogP contribution in [-0.2, 0) is 9.53 Å². The molecule has 1 saturated heterocycles. The summed E-state index contributed by atoms with van der Waals surface area (Å²) >= 11 is 0. The molecule has 3 heteroatoms. The Labute approximate surface area is 114 Å². The van der Waals surface area contributed by atoms with Crippen molar-refractivity contribution in [1.82, 2.24) is 0 Å². The second-order valence-corrected chi connectivity index (χ2v) is 5.04. The maximum Gasteiger partial charge on any atom is 0.313 e. The molecule has 1 fully saturated rings. The number of esters is 1. The van der Waals surface area contributed by atoms with Crippen LogP contribution in [0.2, 0.25) is 0 Å². The Bertz CT molecular complexity index is 681. The number of hydrogen-bond donors (Lipinski definition) is 0. The van der Waals surface area contributed by atoms with Gasteiger partial charge < -0.3 is 9.64 Å². The minimum absolute atomic E-state index is 0.174. The Morgan fingerprint density at radius 3 is 2.79 bits per heavy atom. The van der Waals surface area contributed by atoms with E-state index in [1.165, 1.54) is 0 Å². The van der Waals surface area contributed by atoms with Crippen LogP contribution in [0.25, 0.3) is 10.8 Å². The molecule has 1 aliphatic heterocycles. The van der Waals surface area contributed by atoms with E-state index in [1.807, 2.05) is 43.3 Å². The second kappa shape index (κ2) is 4.57. The monoisotopic (exact) mass is 256 g/mol. The van der Waals surface area contributed by atoms with E-state index in [1.54, 1.807) is 6.07 Å². The molecule has 19 heavy (non-hydrogen) atoms. The van der Waals surface area contributed by atoms with E-state index in [0.717, 1.165) is 22.0 Å². The standard InChI is InChI=1S/C16H17NO2/c1-17(2)15-8-4-6-11-12(5-3-7-13(11)15)14-9-10-19-16(14)18/h3-8,14H,9-10H2,1-2H3/i6D. The zero-order valence-electron chi connectivity index (χ0n) is 12.1. The highest BCUT2D eigenvalue weighted by Gasteiger charge is 2.29. The van der Waals surface area contributed by atoms with E-state index < -0.39 is 0 Å². The van der Waals surface area contributed by atoms with Crippen molar-refractivity contribution in [3.8, 4) is 0 Å². The first-order valence-corrected chi connectivity index (χ1v) is 6.46. The molecular weight excluding hydrogens is 238 g/mol. The van der Waals surface area contributed by atoms with Gasteiger partial charge in [0.1, 0.15) is 0 Å². The Kier molecular flexibility index (Phi) is 2.61. The summed E-state index contributed by atoms with van der Waals surface area (Å²) in [6, 6.07) is 10.1. The van der Waals surface area contributed by atoms with Gasteiger partial charge in [0, 0.05) is 25.2 Å². The number of hydrogen-bond acceptors (Lipinski definition) is 3. The van der Waals surface area contributed by atoms with Crippen molar-refractivity contribution in [2.75, 3.05) is 25.6 Å². The van der Waals surface area contributed by atoms with Crippen LogP contribution >= 0.6 is 0 Å². The molecule has 0 aromatic heterocycles. The Morgan fingerprint density at radius 1 is 1.26 bits per heavy atom. The van der Waals surface area contributed by atoms with E-state index in [2.05, 4.69) is 0 Å². The third-order valence-corrected chi connectivity index (χ3v) is 3.63. The lowest BCUT2D eigenvalue weighted by Crippen LogP contribution is -2.10. The normalized spacial score (nSPS) is 19.4. The number of rotatable bonds is 2. The number of ether oxygens (including phenoxy) is 1. The van der Waals surface area contributed by atoms with Gasteiger partial charge in [-0.3, -0.25) is 4.79 Å². The number of carbonyl (C=O) groups excluding carboxylic acids is 1. The SMILES string of the molecule is [2H]c1ccc(N(C)C)c2cccc(C3CCOC3=O)c12. The summed E-state index contributed by atoms with van der Waals surface area (Å²) < 4.78 is 13.3. The topological polar surface area (TPSA) is 29.5 Å². The number of carbonyl (C=O) groups is 1. The molecule has 98 valence electrons. The third-order valence-electron chi connectivity index (χ3n) is 3.63. The van der Waals surface area contributed by atoms with Gasteiger partial charge in [0.05, 0.1) is 13.9 Å². The van der Waals surface area contributed by atoms with Gasteiger partial charge in [-0.1, -0.05) is 30.3 Å². The lowest BCUT2D eigenvalue weighted by molar-refractivity contribution is -0.139. The van der Waals surface area contributed by atoms with Gasteiger partial charge in [-0.25, -0.2) is 0 Å². The molecule has 3 rings (SSSR count). The van der Waals surface area contributed by atoms with Crippen molar-refractivity contribution in [2.24, 2.45) is 0 Å². The number of anilines is 1. The molecule has 0 bridgehead atoms. The Balaban J connectivity index is 2.28. The fraction of sp³-hybridized carbons (Fsp3) is 0.312. The molecule has 1 atom stereocenters. The van der Waals surface area contributed by atoms with Crippen molar-refractivity contribution in [1.29, 1.82) is 0 Å². The van der Waals surface area contributed by atoms with E-state index in [4.69, 9.17) is 6.11 Å². The van der Waals surface area contributed by atoms with Crippen LogP contribution in [0.5, 0.6) is 0 Å². The Morgan fingerprint density at radius 2 is 2.11 bits per heavy atom. The predicted octanol–water partition coefficient (Wildman–Crippen LogP) is 2.94. The fourth-order valence-electron chi connectivity index (χ4n) is 2.70. The average Bonchev–Trinajstić information content (AvgIpc) is 2.84. The molecule has 3 nitrogen and oxygen atoms in total. The number of nitrogens with zero attached hydrogens (tertiary/aromatic N) is 1. The van der Waals surface area contributed by atoms with Gasteiger partial charge in [-0.2, -0.15) is 0 Å². The molecule has 2 aromatic rings. The summed E-state index contributed by atoms with van der Waals surface area (Å²) in [5, 5.41) is 1.88. The largest absolute Gasteiger partial charge is 0.465 e. The van der Waals surface area contributed by atoms with E-state index >= 15 is 0 Å². The molecule has 0 aliphatic carbocycles. The first-order chi connectivity index (χ1) is 9.59. The van der Waals surface area contributed by atoms with Crippen LogP contribution in [0, 0.1) is 0 Å². The summed E-state index contributed by atoms with van der Waals surface area (Å²) in [5.41, 5.74) is 1.97. The highest BCUT2D eigenvalue weighted by molar-refractivity contribution is 5.98. The van der Waals surface area contributed by atoms with Crippen LogP contribution in [0.1, 0.15) is 19.3 Å². The molecule has 0 amide bonds. The molecule has 1 heterocycles. The highest BCUT2D eigenvalue weighted by atomic mass is 16.5. The van der Waals surface area contributed by atoms with E-state index in [0.29, 0.717) is 19.1 Å². The zero-order chi connectivity index (χ0) is 14.3. The lowest BCUT2D eigenvalue weighted by atomic mass is 9.92. The second-order valence-electron chi connectivity index (χ2n) is 5.04. The van der Waals surface area contributed by atoms with Crippen molar-refractivity contribution in [2.45, 2.75) is 12.3 Å². The van der Waals surface area contributed by atoms with Gasteiger partial charge >= 0.3 is 5.97 Å². The first kappa shape index (κ1) is 10.9. The number of cyclic esters (lactones) is 1. The fourth-order valence-corrected chi connectivity index (χ4v) is 2.70. The van der Waals surface area contributed by atoms with Crippen molar-refractivity contribution in [3.05, 3.63) is 41.9 Å². The maximum absolute atomic E-state index is 11.9. The third kappa shape index (κ3) is 1.95. The van der Waals surface area contributed by atoms with Gasteiger partial charge in [0.15, 0.2) is 0 Å². The van der Waals surface area contributed by atoms with Gasteiger partial charge in [0.2, 0.25) is 0 Å². The quantitative estimate of drug-likeness (QED) is 0.774. The first-order valence-electron chi connectivity index (χ1n) is 6.96. The van der Waals surface area contributed by atoms with Gasteiger partial charge in [-0.05, 0) is 23.4 Å². The maximum atomic E-state index is 11.9. The van der Waals surface area contributed by atoms with Crippen LogP contribution in [0.15, 0.2) is 36.4 Å². The molecule has 0 saturated carbocycles. The predicted molar refractivity (Wildman–Crippen MR) is 76.6 cm³/mol. The van der Waals surface area contributed by atoms with Gasteiger partial charge in [-0.15, -0.1) is 0 Å². The van der Waals surface area contributed by atoms with Crippen molar-refractivity contribution in [3.63, 3.8) is 0 Å². The van der Waals surface area contributed by atoms with Crippen LogP contribution in [-0.4, -0.2) is 26.7 Å². The van der Waals surface area contributed by atoms with Crippen molar-refractivity contribution < 1.29 is 10.9 Å². The molecule has 0 spiro atoms. The molecule has 0 N–H and O–H groups in total. The van der Waals surface area contributed by atoms with Gasteiger partial charge in [0.25, 0.3) is 0 Å². The smallest absolute Gasteiger partial charge is 0.313 e. The van der Waals surface area contributed by atoms with E-state index in [9.17, 15) is 4.79 Å². The zero-order valence-corrected chi connectivity index (χ0v) is 11.1. The number of fused-ring (bicyclic) bond motifs is 1. The minimum Gasteiger partial charge on any atom is -0.465 e. The molecule has 2 aromatic carbocycles.